The van der Waals surface area contributed by atoms with Crippen molar-refractivity contribution in [2.45, 2.75) is 26.3 Å². The molecule has 5 heteroatoms. The van der Waals surface area contributed by atoms with Crippen LogP contribution >= 0.6 is 11.6 Å². The first kappa shape index (κ1) is 14.6. The van der Waals surface area contributed by atoms with E-state index in [-0.39, 0.29) is 5.91 Å². The van der Waals surface area contributed by atoms with E-state index in [2.05, 4.69) is 14.9 Å². The summed E-state index contributed by atoms with van der Waals surface area (Å²) < 4.78 is 2.11. The maximum absolute atomic E-state index is 11.9. The van der Waals surface area contributed by atoms with Crippen molar-refractivity contribution in [2.24, 2.45) is 0 Å². The molecule has 20 heavy (non-hydrogen) atoms. The van der Waals surface area contributed by atoms with Crippen LogP contribution in [0.3, 0.4) is 0 Å². The quantitative estimate of drug-likeness (QED) is 0.832. The fourth-order valence-electron chi connectivity index (χ4n) is 1.98. The fraction of sp³-hybridized carbons (Fsp3) is 0.333. The van der Waals surface area contributed by atoms with Gasteiger partial charge in [-0.05, 0) is 38.0 Å². The van der Waals surface area contributed by atoms with Crippen LogP contribution in [-0.2, 0) is 6.54 Å². The highest BCUT2D eigenvalue weighted by Crippen LogP contribution is 2.10. The van der Waals surface area contributed by atoms with E-state index in [1.54, 1.807) is 30.5 Å². The average Bonchev–Trinajstić information content (AvgIpc) is 2.84. The number of nitrogens with one attached hydrogen (secondary N) is 1. The maximum atomic E-state index is 11.9. The zero-order valence-electron chi connectivity index (χ0n) is 11.5. The van der Waals surface area contributed by atoms with Crippen LogP contribution in [0.15, 0.2) is 36.7 Å². The molecule has 0 radical (unpaired) electrons. The second kappa shape index (κ2) is 7.10. The van der Waals surface area contributed by atoms with E-state index in [0.29, 0.717) is 17.1 Å². The number of rotatable bonds is 6. The topological polar surface area (TPSA) is 46.9 Å². The van der Waals surface area contributed by atoms with Gasteiger partial charge < -0.3 is 9.88 Å². The van der Waals surface area contributed by atoms with E-state index < -0.39 is 0 Å². The highest BCUT2D eigenvalue weighted by Gasteiger charge is 2.04. The van der Waals surface area contributed by atoms with Crippen molar-refractivity contribution < 1.29 is 4.79 Å². The molecule has 1 N–H and O–H groups in total. The second-order valence-electron chi connectivity index (χ2n) is 4.64. The van der Waals surface area contributed by atoms with Crippen LogP contribution in [0.4, 0.5) is 0 Å². The minimum atomic E-state index is -0.0775. The summed E-state index contributed by atoms with van der Waals surface area (Å²) in [5.41, 5.74) is 0.600. The van der Waals surface area contributed by atoms with Gasteiger partial charge in [0.25, 0.3) is 5.91 Å². The first-order chi connectivity index (χ1) is 9.66. The Hall–Kier alpha value is -1.81. The van der Waals surface area contributed by atoms with Crippen molar-refractivity contribution in [3.05, 3.63) is 53.1 Å². The van der Waals surface area contributed by atoms with E-state index in [0.717, 1.165) is 25.2 Å². The molecule has 1 aromatic carbocycles. The lowest BCUT2D eigenvalue weighted by molar-refractivity contribution is 0.0953. The van der Waals surface area contributed by atoms with Crippen LogP contribution in [0.1, 0.15) is 29.0 Å². The highest BCUT2D eigenvalue weighted by molar-refractivity contribution is 6.30. The maximum Gasteiger partial charge on any atom is 0.251 e. The fourth-order valence-corrected chi connectivity index (χ4v) is 2.17. The number of carbonyl (C=O) groups is 1. The smallest absolute Gasteiger partial charge is 0.251 e. The number of aromatic nitrogens is 2. The highest BCUT2D eigenvalue weighted by atomic mass is 35.5. The van der Waals surface area contributed by atoms with E-state index in [1.807, 2.05) is 13.1 Å². The summed E-state index contributed by atoms with van der Waals surface area (Å²) in [7, 11) is 0. The molecule has 1 amide bonds. The lowest BCUT2D eigenvalue weighted by atomic mass is 10.2. The Morgan fingerprint density at radius 2 is 2.25 bits per heavy atom. The zero-order valence-corrected chi connectivity index (χ0v) is 12.2. The number of imidazole rings is 1. The van der Waals surface area contributed by atoms with Gasteiger partial charge in [0, 0.05) is 36.1 Å². The van der Waals surface area contributed by atoms with Crippen molar-refractivity contribution >= 4 is 17.5 Å². The summed E-state index contributed by atoms with van der Waals surface area (Å²) in [6.45, 7) is 3.58. The van der Waals surface area contributed by atoms with Crippen molar-refractivity contribution in [2.75, 3.05) is 6.54 Å². The summed E-state index contributed by atoms with van der Waals surface area (Å²) in [6, 6.07) is 6.96. The van der Waals surface area contributed by atoms with Crippen molar-refractivity contribution in [3.8, 4) is 0 Å². The molecule has 2 rings (SSSR count). The van der Waals surface area contributed by atoms with Gasteiger partial charge in [-0.1, -0.05) is 17.7 Å². The normalized spacial score (nSPS) is 10.5. The number of benzene rings is 1. The molecule has 0 saturated carbocycles. The Morgan fingerprint density at radius 1 is 1.40 bits per heavy atom. The molecular formula is C15H18ClN3O. The van der Waals surface area contributed by atoms with Gasteiger partial charge in [-0.15, -0.1) is 0 Å². The van der Waals surface area contributed by atoms with E-state index >= 15 is 0 Å². The molecule has 2 aromatic rings. The molecule has 1 aromatic heterocycles. The molecule has 0 aliphatic carbocycles. The molecule has 0 unspecified atom stereocenters. The first-order valence-electron chi connectivity index (χ1n) is 6.68. The average molecular weight is 292 g/mol. The Kier molecular flexibility index (Phi) is 5.18. The first-order valence-corrected chi connectivity index (χ1v) is 7.06. The number of aryl methyl sites for hydroxylation is 2. The molecule has 0 aliphatic heterocycles. The Balaban J connectivity index is 1.68. The SMILES string of the molecule is Cc1nccn1CCCCNC(=O)c1cccc(Cl)c1. The number of halogens is 1. The van der Waals surface area contributed by atoms with Gasteiger partial charge in [0.2, 0.25) is 0 Å². The Labute approximate surface area is 123 Å². The largest absolute Gasteiger partial charge is 0.352 e. The number of nitrogens with zero attached hydrogens (tertiary/aromatic N) is 2. The third kappa shape index (κ3) is 4.10. The van der Waals surface area contributed by atoms with Gasteiger partial charge in [-0.3, -0.25) is 4.79 Å². The Bertz CT molecular complexity index is 580. The van der Waals surface area contributed by atoms with Crippen molar-refractivity contribution in [1.29, 1.82) is 0 Å². The van der Waals surface area contributed by atoms with Crippen molar-refractivity contribution in [1.82, 2.24) is 14.9 Å². The molecule has 4 nitrogen and oxygen atoms in total. The summed E-state index contributed by atoms with van der Waals surface area (Å²) in [5, 5.41) is 3.48. The van der Waals surface area contributed by atoms with Gasteiger partial charge >= 0.3 is 0 Å². The summed E-state index contributed by atoms with van der Waals surface area (Å²) >= 11 is 5.86. The third-order valence-corrected chi connectivity index (χ3v) is 3.36. The summed E-state index contributed by atoms with van der Waals surface area (Å²) in [4.78, 5) is 16.0. The summed E-state index contributed by atoms with van der Waals surface area (Å²) in [6.07, 6.45) is 5.72. The standard InChI is InChI=1S/C15H18ClN3O/c1-12-17-8-10-19(12)9-3-2-7-18-15(20)13-5-4-6-14(16)11-13/h4-6,8,10-11H,2-3,7,9H2,1H3,(H,18,20). The Morgan fingerprint density at radius 3 is 2.95 bits per heavy atom. The van der Waals surface area contributed by atoms with Crippen LogP contribution in [0, 0.1) is 6.92 Å². The van der Waals surface area contributed by atoms with Crippen LogP contribution in [-0.4, -0.2) is 22.0 Å². The number of hydrogen-bond donors (Lipinski definition) is 1. The van der Waals surface area contributed by atoms with E-state index in [4.69, 9.17) is 11.6 Å². The van der Waals surface area contributed by atoms with E-state index in [9.17, 15) is 4.79 Å². The summed E-state index contributed by atoms with van der Waals surface area (Å²) in [5.74, 6) is 0.944. The monoisotopic (exact) mass is 291 g/mol. The molecule has 106 valence electrons. The molecule has 0 saturated heterocycles. The van der Waals surface area contributed by atoms with Crippen LogP contribution in [0.5, 0.6) is 0 Å². The van der Waals surface area contributed by atoms with Gasteiger partial charge in [0.05, 0.1) is 0 Å². The lowest BCUT2D eigenvalue weighted by Gasteiger charge is -2.07. The van der Waals surface area contributed by atoms with E-state index in [1.165, 1.54) is 0 Å². The molecule has 0 spiro atoms. The van der Waals surface area contributed by atoms with Crippen molar-refractivity contribution in [3.63, 3.8) is 0 Å². The molecule has 0 fully saturated rings. The molecule has 0 atom stereocenters. The van der Waals surface area contributed by atoms with Gasteiger partial charge in [0.15, 0.2) is 0 Å². The number of carbonyl (C=O) groups excluding carboxylic acids is 1. The van der Waals surface area contributed by atoms with Crippen LogP contribution in [0.2, 0.25) is 5.02 Å². The van der Waals surface area contributed by atoms with Crippen LogP contribution < -0.4 is 5.32 Å². The third-order valence-electron chi connectivity index (χ3n) is 3.12. The minimum absolute atomic E-state index is 0.0775. The number of amides is 1. The molecule has 0 bridgehead atoms. The zero-order chi connectivity index (χ0) is 14.4. The van der Waals surface area contributed by atoms with Gasteiger partial charge in [0.1, 0.15) is 5.82 Å². The predicted octanol–water partition coefficient (Wildman–Crippen LogP) is 3.06. The lowest BCUT2D eigenvalue weighted by Crippen LogP contribution is -2.24. The minimum Gasteiger partial charge on any atom is -0.352 e. The van der Waals surface area contributed by atoms with Crippen LogP contribution in [0.25, 0.3) is 0 Å². The molecular weight excluding hydrogens is 274 g/mol. The van der Waals surface area contributed by atoms with Gasteiger partial charge in [-0.2, -0.15) is 0 Å². The van der Waals surface area contributed by atoms with Gasteiger partial charge in [-0.25, -0.2) is 4.98 Å². The number of hydrogen-bond acceptors (Lipinski definition) is 2. The predicted molar refractivity (Wildman–Crippen MR) is 80.0 cm³/mol. The molecule has 1 heterocycles. The number of unbranched alkanes of at least 4 members (excludes halogenated alkanes) is 1. The molecule has 0 aliphatic rings. The second-order valence-corrected chi connectivity index (χ2v) is 5.08.